The van der Waals surface area contributed by atoms with Crippen LogP contribution in [0.25, 0.3) is 11.3 Å². The molecule has 2 aliphatic rings. The molecule has 4 nitrogen and oxygen atoms in total. The molecule has 0 amide bonds. The van der Waals surface area contributed by atoms with Crippen LogP contribution in [0, 0.1) is 11.8 Å². The number of hydrogen-bond donors (Lipinski definition) is 0. The highest BCUT2D eigenvalue weighted by Crippen LogP contribution is 2.61. The third kappa shape index (κ3) is 2.62. The zero-order valence-corrected chi connectivity index (χ0v) is 13.5. The molecular formula is C18H16F3NO3. The summed E-state index contributed by atoms with van der Waals surface area (Å²) >= 11 is 0. The molecule has 4 rings (SSSR count). The molecule has 0 radical (unpaired) electrons. The van der Waals surface area contributed by atoms with Crippen LogP contribution in [-0.4, -0.2) is 17.7 Å². The lowest BCUT2D eigenvalue weighted by Crippen LogP contribution is -2.08. The van der Waals surface area contributed by atoms with Crippen molar-refractivity contribution in [2.24, 2.45) is 11.8 Å². The summed E-state index contributed by atoms with van der Waals surface area (Å²) in [6.07, 6.45) is -2.84. The van der Waals surface area contributed by atoms with E-state index < -0.39 is 11.7 Å². The van der Waals surface area contributed by atoms with Crippen LogP contribution in [0.4, 0.5) is 13.2 Å². The van der Waals surface area contributed by atoms with E-state index in [2.05, 4.69) is 5.16 Å². The Morgan fingerprint density at radius 2 is 2.04 bits per heavy atom. The van der Waals surface area contributed by atoms with E-state index in [1.807, 2.05) is 0 Å². The molecule has 3 unspecified atom stereocenters. The van der Waals surface area contributed by atoms with Gasteiger partial charge in [0.1, 0.15) is 11.5 Å². The molecule has 0 bridgehead atoms. The second-order valence-corrected chi connectivity index (χ2v) is 6.46. The molecular weight excluding hydrogens is 335 g/mol. The predicted molar refractivity (Wildman–Crippen MR) is 81.6 cm³/mol. The van der Waals surface area contributed by atoms with E-state index in [1.165, 1.54) is 12.1 Å². The molecule has 0 N–H and O–H groups in total. The second kappa shape index (κ2) is 5.61. The normalized spacial score (nSPS) is 24.4. The first-order valence-corrected chi connectivity index (χ1v) is 8.24. The molecule has 2 aliphatic carbocycles. The summed E-state index contributed by atoms with van der Waals surface area (Å²) in [4.78, 5) is 12.0. The maximum Gasteiger partial charge on any atom is 0.416 e. The Balaban J connectivity index is 1.61. The lowest BCUT2D eigenvalue weighted by atomic mass is 9.94. The molecule has 1 fully saturated rings. The van der Waals surface area contributed by atoms with Crippen molar-refractivity contribution in [1.82, 2.24) is 5.16 Å². The summed E-state index contributed by atoms with van der Waals surface area (Å²) in [6, 6.07) is 4.90. The van der Waals surface area contributed by atoms with Gasteiger partial charge < -0.3 is 9.26 Å². The van der Waals surface area contributed by atoms with Gasteiger partial charge in [-0.2, -0.15) is 13.2 Å². The van der Waals surface area contributed by atoms with Gasteiger partial charge in [-0.15, -0.1) is 0 Å². The van der Waals surface area contributed by atoms with Crippen LogP contribution >= 0.6 is 0 Å². The molecule has 1 saturated carbocycles. The zero-order valence-electron chi connectivity index (χ0n) is 13.5. The summed E-state index contributed by atoms with van der Waals surface area (Å²) in [7, 11) is 0. The number of fused-ring (bicyclic) bond motifs is 3. The van der Waals surface area contributed by atoms with E-state index in [4.69, 9.17) is 9.26 Å². The van der Waals surface area contributed by atoms with Crippen molar-refractivity contribution in [2.75, 3.05) is 6.61 Å². The summed E-state index contributed by atoms with van der Waals surface area (Å²) in [5.74, 6) is 0.495. The molecule has 7 heteroatoms. The van der Waals surface area contributed by atoms with E-state index in [0.29, 0.717) is 30.0 Å². The minimum absolute atomic E-state index is 0.0153. The molecule has 0 saturated heterocycles. The van der Waals surface area contributed by atoms with Gasteiger partial charge >= 0.3 is 12.1 Å². The van der Waals surface area contributed by atoms with Crippen molar-refractivity contribution in [2.45, 2.75) is 31.9 Å². The maximum atomic E-state index is 12.7. The zero-order chi connectivity index (χ0) is 17.8. The monoisotopic (exact) mass is 351 g/mol. The van der Waals surface area contributed by atoms with E-state index in [1.54, 1.807) is 6.92 Å². The van der Waals surface area contributed by atoms with Gasteiger partial charge in [0.25, 0.3) is 0 Å². The van der Waals surface area contributed by atoms with Gasteiger partial charge in [-0.1, -0.05) is 17.3 Å². The van der Waals surface area contributed by atoms with Crippen molar-refractivity contribution < 1.29 is 27.2 Å². The van der Waals surface area contributed by atoms with Gasteiger partial charge in [-0.05, 0) is 37.8 Å². The molecule has 1 aromatic carbocycles. The van der Waals surface area contributed by atoms with Crippen LogP contribution in [0.15, 0.2) is 28.8 Å². The summed E-state index contributed by atoms with van der Waals surface area (Å²) in [5.41, 5.74) is 1.35. The molecule has 132 valence electrons. The van der Waals surface area contributed by atoms with Crippen molar-refractivity contribution in [1.29, 1.82) is 0 Å². The number of hydrogen-bond acceptors (Lipinski definition) is 4. The fourth-order valence-corrected chi connectivity index (χ4v) is 3.83. The topological polar surface area (TPSA) is 52.3 Å². The average Bonchev–Trinajstić information content (AvgIpc) is 3.16. The maximum absolute atomic E-state index is 12.7. The van der Waals surface area contributed by atoms with Crippen molar-refractivity contribution >= 4 is 5.97 Å². The molecule has 2 aromatic rings. The first kappa shape index (κ1) is 16.2. The number of aromatic nitrogens is 1. The summed E-state index contributed by atoms with van der Waals surface area (Å²) < 4.78 is 48.7. The van der Waals surface area contributed by atoms with Crippen LogP contribution in [0.3, 0.4) is 0 Å². The Bertz CT molecular complexity index is 810. The fraction of sp³-hybridized carbons (Fsp3) is 0.444. The first-order valence-electron chi connectivity index (χ1n) is 8.24. The van der Waals surface area contributed by atoms with Gasteiger partial charge in [0.15, 0.2) is 0 Å². The number of alkyl halides is 3. The highest BCUT2D eigenvalue weighted by Gasteiger charge is 2.60. The Hall–Kier alpha value is -2.31. The van der Waals surface area contributed by atoms with Gasteiger partial charge in [-0.3, -0.25) is 4.79 Å². The van der Waals surface area contributed by atoms with Crippen LogP contribution in [0.5, 0.6) is 0 Å². The number of carbonyl (C=O) groups is 1. The minimum Gasteiger partial charge on any atom is -0.466 e. The lowest BCUT2D eigenvalue weighted by Gasteiger charge is -2.09. The van der Waals surface area contributed by atoms with Gasteiger partial charge in [-0.25, -0.2) is 0 Å². The smallest absolute Gasteiger partial charge is 0.416 e. The van der Waals surface area contributed by atoms with E-state index >= 15 is 0 Å². The van der Waals surface area contributed by atoms with E-state index in [0.717, 1.165) is 24.1 Å². The Kier molecular flexibility index (Phi) is 3.63. The van der Waals surface area contributed by atoms with Crippen LogP contribution < -0.4 is 0 Å². The average molecular weight is 351 g/mol. The first-order chi connectivity index (χ1) is 11.9. The Labute approximate surface area is 141 Å². The number of rotatable bonds is 3. The number of benzene rings is 1. The molecule has 0 aliphatic heterocycles. The Morgan fingerprint density at radius 3 is 2.68 bits per heavy atom. The van der Waals surface area contributed by atoms with E-state index in [-0.39, 0.29) is 23.7 Å². The molecule has 3 atom stereocenters. The van der Waals surface area contributed by atoms with Gasteiger partial charge in [0, 0.05) is 17.0 Å². The minimum atomic E-state index is -4.37. The number of nitrogens with zero attached hydrogens (tertiary/aromatic N) is 1. The highest BCUT2D eigenvalue weighted by molar-refractivity contribution is 5.79. The SMILES string of the molecule is CCOC(=O)C1C2CCc3c(-c4ccc(C(F)(F)F)cc4)noc3C21. The highest BCUT2D eigenvalue weighted by atomic mass is 19.4. The third-order valence-electron chi connectivity index (χ3n) is 5.06. The van der Waals surface area contributed by atoms with Crippen molar-refractivity contribution in [3.8, 4) is 11.3 Å². The largest absolute Gasteiger partial charge is 0.466 e. The summed E-state index contributed by atoms with van der Waals surface area (Å²) in [6.45, 7) is 2.11. The van der Waals surface area contributed by atoms with Crippen LogP contribution in [0.2, 0.25) is 0 Å². The van der Waals surface area contributed by atoms with E-state index in [9.17, 15) is 18.0 Å². The number of esters is 1. The van der Waals surface area contributed by atoms with Gasteiger partial charge in [0.2, 0.25) is 0 Å². The summed E-state index contributed by atoms with van der Waals surface area (Å²) in [5, 5.41) is 4.07. The second-order valence-electron chi connectivity index (χ2n) is 6.46. The lowest BCUT2D eigenvalue weighted by molar-refractivity contribution is -0.145. The molecule has 1 aromatic heterocycles. The standard InChI is InChI=1S/C18H16F3NO3/c1-2-24-17(23)14-11-7-8-12-15(22-25-16(12)13(11)14)9-3-5-10(6-4-9)18(19,20)21/h3-6,11,13-14H,2,7-8H2,1H3. The van der Waals surface area contributed by atoms with Crippen LogP contribution in [-0.2, 0) is 22.1 Å². The van der Waals surface area contributed by atoms with Crippen molar-refractivity contribution in [3.05, 3.63) is 41.2 Å². The molecule has 1 heterocycles. The van der Waals surface area contributed by atoms with Crippen molar-refractivity contribution in [3.63, 3.8) is 0 Å². The Morgan fingerprint density at radius 1 is 1.32 bits per heavy atom. The fourth-order valence-electron chi connectivity index (χ4n) is 3.83. The van der Waals surface area contributed by atoms with Crippen LogP contribution in [0.1, 0.15) is 36.1 Å². The quantitative estimate of drug-likeness (QED) is 0.778. The predicted octanol–water partition coefficient (Wildman–Crippen LogP) is 4.20. The molecule has 25 heavy (non-hydrogen) atoms. The number of ether oxygens (including phenoxy) is 1. The van der Waals surface area contributed by atoms with Gasteiger partial charge in [0.05, 0.1) is 18.1 Å². The molecule has 0 spiro atoms. The third-order valence-corrected chi connectivity index (χ3v) is 5.06. The number of halogens is 3. The number of carbonyl (C=O) groups excluding carboxylic acids is 1.